The van der Waals surface area contributed by atoms with Gasteiger partial charge in [0.15, 0.2) is 0 Å². The van der Waals surface area contributed by atoms with E-state index >= 15 is 0 Å². The summed E-state index contributed by atoms with van der Waals surface area (Å²) >= 11 is 0. The first-order valence-electron chi connectivity index (χ1n) is 12.9. The molecule has 1 aliphatic heterocycles. The Morgan fingerprint density at radius 3 is 2.51 bits per heavy atom. The number of aromatic amines is 1. The highest BCUT2D eigenvalue weighted by Crippen LogP contribution is 2.55. The largest absolute Gasteiger partial charge is 0.494 e. The van der Waals surface area contributed by atoms with E-state index in [0.29, 0.717) is 18.7 Å². The maximum atomic E-state index is 12.3. The van der Waals surface area contributed by atoms with Gasteiger partial charge in [-0.25, -0.2) is 4.79 Å². The monoisotopic (exact) mass is 471 g/mol. The fraction of sp³-hybridized carbons (Fsp3) is 0.429. The predicted molar refractivity (Wildman–Crippen MR) is 137 cm³/mol. The fourth-order valence-corrected chi connectivity index (χ4v) is 5.64. The summed E-state index contributed by atoms with van der Waals surface area (Å²) in [6, 6.07) is 17.8. The third-order valence-electron chi connectivity index (χ3n) is 7.82. The Kier molecular flexibility index (Phi) is 5.84. The van der Waals surface area contributed by atoms with Crippen molar-refractivity contribution in [3.63, 3.8) is 0 Å². The van der Waals surface area contributed by atoms with Gasteiger partial charge in [0.05, 0.1) is 18.6 Å². The minimum absolute atomic E-state index is 0.120. The fourth-order valence-electron chi connectivity index (χ4n) is 5.64. The molecule has 2 fully saturated rings. The van der Waals surface area contributed by atoms with Crippen molar-refractivity contribution in [2.75, 3.05) is 16.8 Å². The van der Waals surface area contributed by atoms with Crippen LogP contribution in [0.25, 0.3) is 0 Å². The summed E-state index contributed by atoms with van der Waals surface area (Å²) in [5, 5.41) is 13.6. The van der Waals surface area contributed by atoms with Crippen molar-refractivity contribution in [2.45, 2.75) is 69.5 Å². The van der Waals surface area contributed by atoms with Gasteiger partial charge in [-0.1, -0.05) is 18.2 Å². The van der Waals surface area contributed by atoms with Gasteiger partial charge >= 0.3 is 6.03 Å². The van der Waals surface area contributed by atoms with Crippen molar-refractivity contribution in [1.29, 1.82) is 0 Å². The third-order valence-corrected chi connectivity index (χ3v) is 7.82. The number of urea groups is 1. The Hall–Kier alpha value is -3.48. The zero-order chi connectivity index (χ0) is 23.8. The first-order chi connectivity index (χ1) is 17.2. The van der Waals surface area contributed by atoms with Gasteiger partial charge in [0.2, 0.25) is 0 Å². The number of benzene rings is 2. The number of ether oxygens (including phenoxy) is 1. The molecular formula is C28H33N5O2. The van der Waals surface area contributed by atoms with Crippen LogP contribution in [0.15, 0.2) is 54.7 Å². The van der Waals surface area contributed by atoms with E-state index in [2.05, 4.69) is 62.1 Å². The number of hydrogen-bond acceptors (Lipinski definition) is 4. The van der Waals surface area contributed by atoms with Crippen LogP contribution in [0, 0.1) is 0 Å². The molecule has 3 aliphatic rings. The van der Waals surface area contributed by atoms with Crippen LogP contribution in [0.1, 0.15) is 74.2 Å². The number of nitrogens with zero attached hydrogens (tertiary/aromatic N) is 2. The zero-order valence-electron chi connectivity index (χ0n) is 20.2. The van der Waals surface area contributed by atoms with Crippen LogP contribution in [-0.4, -0.2) is 34.9 Å². The Morgan fingerprint density at radius 2 is 1.89 bits per heavy atom. The highest BCUT2D eigenvalue weighted by atomic mass is 16.5. The molecule has 35 heavy (non-hydrogen) atoms. The molecule has 2 amide bonds. The number of amides is 2. The average Bonchev–Trinajstić information content (AvgIpc) is 3.43. The summed E-state index contributed by atoms with van der Waals surface area (Å²) in [5.41, 5.74) is 5.72. The molecule has 1 aromatic heterocycles. The summed E-state index contributed by atoms with van der Waals surface area (Å²) in [5.74, 6) is 1.06. The van der Waals surface area contributed by atoms with Gasteiger partial charge in [-0.3, -0.25) is 5.10 Å². The Morgan fingerprint density at radius 1 is 1.09 bits per heavy atom. The lowest BCUT2D eigenvalue weighted by molar-refractivity contribution is 0.240. The molecule has 0 bridgehead atoms. The van der Waals surface area contributed by atoms with Gasteiger partial charge < -0.3 is 20.3 Å². The number of hydrogen-bond donors (Lipinski definition) is 3. The van der Waals surface area contributed by atoms with E-state index in [4.69, 9.17) is 4.74 Å². The van der Waals surface area contributed by atoms with Crippen molar-refractivity contribution in [3.8, 4) is 5.75 Å². The second-order valence-electron chi connectivity index (χ2n) is 9.93. The molecule has 0 saturated heterocycles. The van der Waals surface area contributed by atoms with E-state index in [-0.39, 0.29) is 18.0 Å². The molecule has 0 spiro atoms. The van der Waals surface area contributed by atoms with E-state index < -0.39 is 0 Å². The maximum absolute atomic E-state index is 12.3. The summed E-state index contributed by atoms with van der Waals surface area (Å²) in [6.45, 7) is 2.67. The number of fused-ring (bicyclic) bond motifs is 1. The number of anilines is 2. The highest BCUT2D eigenvalue weighted by molar-refractivity contribution is 5.89. The molecule has 3 N–H and O–H groups in total. The van der Waals surface area contributed by atoms with Crippen LogP contribution in [0.4, 0.5) is 16.2 Å². The van der Waals surface area contributed by atoms with E-state index in [1.54, 1.807) is 0 Å². The van der Waals surface area contributed by atoms with Crippen LogP contribution < -0.4 is 20.3 Å². The number of H-pyrrole nitrogens is 1. The number of carbonyl (C=O) groups excluding carboxylic acids is 1. The normalized spacial score (nSPS) is 21.7. The average molecular weight is 472 g/mol. The lowest BCUT2D eigenvalue weighted by Crippen LogP contribution is -2.42. The SMILES string of the molecule is CCOc1ccc2c(c1)N(C1CCC1)C(c1ccc(NC(=O)NC3CCC3)cc1)C2c1ccn[nH]1. The molecule has 0 radical (unpaired) electrons. The Bertz CT molecular complexity index is 1170. The summed E-state index contributed by atoms with van der Waals surface area (Å²) in [7, 11) is 0. The molecule has 7 nitrogen and oxygen atoms in total. The van der Waals surface area contributed by atoms with Crippen LogP contribution in [0.2, 0.25) is 0 Å². The van der Waals surface area contributed by atoms with E-state index in [0.717, 1.165) is 30.0 Å². The molecule has 2 heterocycles. The van der Waals surface area contributed by atoms with Gasteiger partial charge in [-0.2, -0.15) is 5.10 Å². The number of rotatable bonds is 7. The zero-order valence-corrected chi connectivity index (χ0v) is 20.2. The van der Waals surface area contributed by atoms with E-state index in [1.165, 1.54) is 42.5 Å². The molecular weight excluding hydrogens is 438 g/mol. The van der Waals surface area contributed by atoms with Crippen molar-refractivity contribution in [1.82, 2.24) is 15.5 Å². The predicted octanol–water partition coefficient (Wildman–Crippen LogP) is 5.73. The first kappa shape index (κ1) is 22.0. The Balaban J connectivity index is 1.33. The molecule has 2 aliphatic carbocycles. The van der Waals surface area contributed by atoms with Gasteiger partial charge in [-0.15, -0.1) is 0 Å². The standard InChI is InChI=1S/C28H33N5O2/c1-2-35-22-13-14-23-25(17-22)33(21-7-4-8-21)27(26(23)24-15-16-29-32-24)18-9-11-20(12-10-18)31-28(34)30-19-5-3-6-19/h9-17,19,21,26-27H,2-8H2,1H3,(H,29,32)(H2,30,31,34). The van der Waals surface area contributed by atoms with Gasteiger partial charge in [0.25, 0.3) is 0 Å². The van der Waals surface area contributed by atoms with E-state index in [9.17, 15) is 4.79 Å². The molecule has 2 unspecified atom stereocenters. The van der Waals surface area contributed by atoms with Gasteiger partial charge in [0.1, 0.15) is 5.75 Å². The quantitative estimate of drug-likeness (QED) is 0.411. The van der Waals surface area contributed by atoms with Crippen molar-refractivity contribution < 1.29 is 9.53 Å². The van der Waals surface area contributed by atoms with Crippen LogP contribution in [-0.2, 0) is 0 Å². The lowest BCUT2D eigenvalue weighted by Gasteiger charge is -2.42. The molecule has 182 valence electrons. The van der Waals surface area contributed by atoms with Crippen molar-refractivity contribution >= 4 is 17.4 Å². The number of aromatic nitrogens is 2. The number of nitrogens with one attached hydrogen (secondary N) is 3. The smallest absolute Gasteiger partial charge is 0.319 e. The topological polar surface area (TPSA) is 82.3 Å². The van der Waals surface area contributed by atoms with E-state index in [1.807, 2.05) is 25.3 Å². The minimum Gasteiger partial charge on any atom is -0.494 e. The van der Waals surface area contributed by atoms with Crippen molar-refractivity contribution in [2.24, 2.45) is 0 Å². The summed E-state index contributed by atoms with van der Waals surface area (Å²) < 4.78 is 5.88. The van der Waals surface area contributed by atoms with Crippen molar-refractivity contribution in [3.05, 3.63) is 71.5 Å². The Labute approximate surface area is 206 Å². The molecule has 2 aromatic carbocycles. The third kappa shape index (κ3) is 4.13. The molecule has 7 heteroatoms. The lowest BCUT2D eigenvalue weighted by atomic mass is 9.85. The highest BCUT2D eigenvalue weighted by Gasteiger charge is 2.45. The summed E-state index contributed by atoms with van der Waals surface area (Å²) in [6.07, 6.45) is 8.85. The molecule has 3 aromatic rings. The second kappa shape index (κ2) is 9.29. The maximum Gasteiger partial charge on any atom is 0.319 e. The van der Waals surface area contributed by atoms with Crippen LogP contribution in [0.3, 0.4) is 0 Å². The minimum atomic E-state index is -0.120. The van der Waals surface area contributed by atoms with Crippen LogP contribution in [0.5, 0.6) is 5.75 Å². The van der Waals surface area contributed by atoms with Crippen LogP contribution >= 0.6 is 0 Å². The van der Waals surface area contributed by atoms with Gasteiger partial charge in [0, 0.05) is 41.4 Å². The van der Waals surface area contributed by atoms with Gasteiger partial charge in [-0.05, 0) is 80.8 Å². The first-order valence-corrected chi connectivity index (χ1v) is 12.9. The molecule has 6 rings (SSSR count). The molecule has 2 atom stereocenters. The number of carbonyl (C=O) groups is 1. The second-order valence-corrected chi connectivity index (χ2v) is 9.93. The molecule has 2 saturated carbocycles. The summed E-state index contributed by atoms with van der Waals surface area (Å²) in [4.78, 5) is 14.9.